The van der Waals surface area contributed by atoms with Crippen LogP contribution in [0.5, 0.6) is 0 Å². The maximum Gasteiger partial charge on any atom is 0.261 e. The van der Waals surface area contributed by atoms with E-state index in [1.54, 1.807) is 0 Å². The third-order valence-corrected chi connectivity index (χ3v) is 14.4. The van der Waals surface area contributed by atoms with Gasteiger partial charge in [-0.1, -0.05) is 172 Å². The number of benzene rings is 5. The minimum absolute atomic E-state index is 0.181. The third-order valence-electron chi connectivity index (χ3n) is 9.35. The summed E-state index contributed by atoms with van der Waals surface area (Å²) in [5.41, 5.74) is 3.02. The lowest BCUT2D eigenvalue weighted by molar-refractivity contribution is -0.314. The van der Waals surface area contributed by atoms with Crippen molar-refractivity contribution in [3.8, 4) is 0 Å². The first-order valence-corrected chi connectivity index (χ1v) is 19.3. The fourth-order valence-corrected chi connectivity index (χ4v) is 11.4. The highest BCUT2D eigenvalue weighted by atomic mass is 28.4. The van der Waals surface area contributed by atoms with Gasteiger partial charge in [-0.05, 0) is 32.1 Å². The molecule has 5 aromatic rings. The molecule has 1 aliphatic heterocycles. The van der Waals surface area contributed by atoms with Crippen LogP contribution in [-0.4, -0.2) is 50.7 Å². The Labute approximate surface area is 297 Å². The Morgan fingerprint density at radius 1 is 0.520 bits per heavy atom. The number of ether oxygens (including phenoxy) is 4. The Hall–Kier alpha value is -3.92. The molecule has 260 valence electrons. The van der Waals surface area contributed by atoms with Crippen molar-refractivity contribution >= 4 is 18.7 Å². The average Bonchev–Trinajstić information content (AvgIpc) is 3.15. The zero-order valence-electron chi connectivity index (χ0n) is 29.1. The van der Waals surface area contributed by atoms with Crippen molar-refractivity contribution in [3.63, 3.8) is 0 Å². The molecule has 0 unspecified atom stereocenters. The van der Waals surface area contributed by atoms with Crippen molar-refractivity contribution in [3.05, 3.63) is 168 Å². The van der Waals surface area contributed by atoms with E-state index in [9.17, 15) is 5.11 Å². The predicted molar refractivity (Wildman–Crippen MR) is 200 cm³/mol. The molecule has 6 rings (SSSR count). The summed E-state index contributed by atoms with van der Waals surface area (Å²) >= 11 is 0. The highest BCUT2D eigenvalue weighted by Crippen LogP contribution is 2.38. The Bertz CT molecular complexity index is 1660. The Morgan fingerprint density at radius 2 is 0.880 bits per heavy atom. The van der Waals surface area contributed by atoms with Crippen LogP contribution in [0.15, 0.2) is 152 Å². The zero-order valence-corrected chi connectivity index (χ0v) is 30.1. The lowest BCUT2D eigenvalue weighted by Gasteiger charge is -2.47. The summed E-state index contributed by atoms with van der Waals surface area (Å²) in [6, 6.07) is 51.0. The Morgan fingerprint density at radius 3 is 1.28 bits per heavy atom. The van der Waals surface area contributed by atoms with Crippen LogP contribution in [0.4, 0.5) is 0 Å². The predicted octanol–water partition coefficient (Wildman–Crippen LogP) is 7.04. The molecule has 0 bridgehead atoms. The molecule has 5 atom stereocenters. The first-order chi connectivity index (χ1) is 24.3. The van der Waals surface area contributed by atoms with Crippen LogP contribution >= 0.6 is 0 Å². The zero-order chi connectivity index (χ0) is 34.8. The summed E-state index contributed by atoms with van der Waals surface area (Å²) in [6.07, 6.45) is -4.04. The highest BCUT2D eigenvalue weighted by molar-refractivity contribution is 6.99. The van der Waals surface area contributed by atoms with Crippen LogP contribution in [0, 0.1) is 0 Å². The molecule has 1 aliphatic rings. The van der Waals surface area contributed by atoms with Crippen LogP contribution in [-0.2, 0) is 43.2 Å². The quantitative estimate of drug-likeness (QED) is 0.126. The van der Waals surface area contributed by atoms with Crippen molar-refractivity contribution in [2.24, 2.45) is 0 Å². The van der Waals surface area contributed by atoms with Crippen molar-refractivity contribution in [1.29, 1.82) is 0 Å². The lowest BCUT2D eigenvalue weighted by atomic mass is 9.98. The molecule has 0 radical (unpaired) electrons. The van der Waals surface area contributed by atoms with E-state index in [1.807, 2.05) is 103 Å². The molecule has 5 aromatic carbocycles. The minimum Gasteiger partial charge on any atom is -0.405 e. The van der Waals surface area contributed by atoms with E-state index >= 15 is 0 Å². The smallest absolute Gasteiger partial charge is 0.261 e. The molecule has 0 spiro atoms. The monoisotopic (exact) mass is 688 g/mol. The summed E-state index contributed by atoms with van der Waals surface area (Å²) in [5, 5.41) is 13.8. The molecular formula is C43H48O6Si. The Kier molecular flexibility index (Phi) is 12.1. The van der Waals surface area contributed by atoms with Gasteiger partial charge < -0.3 is 28.5 Å². The van der Waals surface area contributed by atoms with E-state index in [0.717, 1.165) is 27.1 Å². The minimum atomic E-state index is -2.93. The maximum absolute atomic E-state index is 11.7. The van der Waals surface area contributed by atoms with Crippen LogP contribution < -0.4 is 10.4 Å². The van der Waals surface area contributed by atoms with Gasteiger partial charge in [0.1, 0.15) is 24.4 Å². The van der Waals surface area contributed by atoms with E-state index < -0.39 is 39.0 Å². The first kappa shape index (κ1) is 35.9. The Balaban J connectivity index is 1.36. The molecule has 0 amide bonds. The van der Waals surface area contributed by atoms with E-state index in [0.29, 0.717) is 13.2 Å². The van der Waals surface area contributed by atoms with Gasteiger partial charge in [-0.3, -0.25) is 0 Å². The molecule has 1 fully saturated rings. The van der Waals surface area contributed by atoms with Gasteiger partial charge in [0.25, 0.3) is 8.32 Å². The van der Waals surface area contributed by atoms with E-state index in [4.69, 9.17) is 23.4 Å². The van der Waals surface area contributed by atoms with Crippen LogP contribution in [0.25, 0.3) is 0 Å². The van der Waals surface area contributed by atoms with Crippen molar-refractivity contribution in [2.45, 2.75) is 76.3 Å². The summed E-state index contributed by atoms with van der Waals surface area (Å²) in [7, 11) is -2.93. The molecule has 6 nitrogen and oxygen atoms in total. The van der Waals surface area contributed by atoms with Gasteiger partial charge in [0.2, 0.25) is 0 Å². The van der Waals surface area contributed by atoms with Gasteiger partial charge in [0.15, 0.2) is 6.29 Å². The van der Waals surface area contributed by atoms with E-state index in [1.165, 1.54) is 0 Å². The van der Waals surface area contributed by atoms with Gasteiger partial charge in [-0.25, -0.2) is 0 Å². The number of aliphatic hydroxyl groups is 1. The van der Waals surface area contributed by atoms with Gasteiger partial charge in [0.05, 0.1) is 26.4 Å². The number of hydrogen-bond acceptors (Lipinski definition) is 6. The van der Waals surface area contributed by atoms with Gasteiger partial charge in [-0.15, -0.1) is 0 Å². The van der Waals surface area contributed by atoms with Crippen LogP contribution in [0.2, 0.25) is 5.04 Å². The molecule has 50 heavy (non-hydrogen) atoms. The SMILES string of the molecule is CC(C)(C)[Si](OC[C@H]1O[C@@H](O)[C@H](OCc2ccccc2)[C@@H](OCc2ccccc2)[C@@H]1OCc1ccccc1)(c1ccccc1)c1ccccc1. The molecule has 0 saturated carbocycles. The highest BCUT2D eigenvalue weighted by Gasteiger charge is 2.53. The normalized spacial score (nSPS) is 21.2. The second-order valence-corrected chi connectivity index (χ2v) is 18.1. The van der Waals surface area contributed by atoms with Crippen molar-refractivity contribution in [1.82, 2.24) is 0 Å². The molecular weight excluding hydrogens is 641 g/mol. The average molecular weight is 689 g/mol. The third kappa shape index (κ3) is 8.50. The molecule has 0 aliphatic carbocycles. The summed E-state index contributed by atoms with van der Waals surface area (Å²) < 4.78 is 33.7. The van der Waals surface area contributed by atoms with Gasteiger partial charge in [0, 0.05) is 0 Å². The fraction of sp³-hybridized carbons (Fsp3) is 0.302. The first-order valence-electron chi connectivity index (χ1n) is 17.4. The van der Waals surface area contributed by atoms with E-state index in [-0.39, 0.29) is 18.3 Å². The second-order valence-electron chi connectivity index (χ2n) is 13.8. The van der Waals surface area contributed by atoms with Gasteiger partial charge in [-0.2, -0.15) is 0 Å². The van der Waals surface area contributed by atoms with Crippen molar-refractivity contribution < 1.29 is 28.5 Å². The largest absolute Gasteiger partial charge is 0.405 e. The molecule has 0 aromatic heterocycles. The van der Waals surface area contributed by atoms with Gasteiger partial charge >= 0.3 is 0 Å². The molecule has 1 N–H and O–H groups in total. The second kappa shape index (κ2) is 16.9. The van der Waals surface area contributed by atoms with Crippen LogP contribution in [0.1, 0.15) is 37.5 Å². The van der Waals surface area contributed by atoms with Crippen LogP contribution in [0.3, 0.4) is 0 Å². The maximum atomic E-state index is 11.7. The fourth-order valence-electron chi connectivity index (χ4n) is 6.87. The van der Waals surface area contributed by atoms with E-state index in [2.05, 4.69) is 69.3 Å². The molecule has 1 saturated heterocycles. The molecule has 1 heterocycles. The van der Waals surface area contributed by atoms with Crippen molar-refractivity contribution in [2.75, 3.05) is 6.61 Å². The standard InChI is InChI=1S/C43H48O6Si/c1-43(2,3)50(36-25-15-7-16-26-36,37-27-17-8-18-28-37)48-32-38-39(45-29-33-19-9-4-10-20-33)40(46-30-34-21-11-5-12-22-34)41(42(44)49-38)47-31-35-23-13-6-14-24-35/h4-28,38-42,44H,29-32H2,1-3H3/t38-,39-,40+,41-,42-/m1/s1. The lowest BCUT2D eigenvalue weighted by Crippen LogP contribution is -2.68. The summed E-state index contributed by atoms with van der Waals surface area (Å²) in [4.78, 5) is 0. The summed E-state index contributed by atoms with van der Waals surface area (Å²) in [6.45, 7) is 7.86. The topological polar surface area (TPSA) is 66.4 Å². The number of hydrogen-bond donors (Lipinski definition) is 1. The summed E-state index contributed by atoms with van der Waals surface area (Å²) in [5.74, 6) is 0. The number of rotatable bonds is 14. The molecule has 7 heteroatoms. The number of aliphatic hydroxyl groups excluding tert-OH is 1.